The SMILES string of the molecule is C=C(C)CN(CC)S(=O)(=O)c1ccc(C)s1. The summed E-state index contributed by atoms with van der Waals surface area (Å²) in [5.74, 6) is 0. The lowest BCUT2D eigenvalue weighted by atomic mass is 10.3. The second-order valence-corrected chi connectivity index (χ2v) is 7.21. The first-order chi connectivity index (χ1) is 7.37. The lowest BCUT2D eigenvalue weighted by Crippen LogP contribution is -2.31. The first-order valence-electron chi connectivity index (χ1n) is 5.09. The Kier molecular flexibility index (Phi) is 4.29. The molecular weight excluding hydrogens is 242 g/mol. The van der Waals surface area contributed by atoms with Crippen LogP contribution in [0.2, 0.25) is 0 Å². The number of sulfonamides is 1. The van der Waals surface area contributed by atoms with Crippen LogP contribution in [0.4, 0.5) is 0 Å². The molecule has 0 fully saturated rings. The molecule has 1 aromatic rings. The second-order valence-electron chi connectivity index (χ2n) is 3.75. The van der Waals surface area contributed by atoms with Crippen LogP contribution in [0.5, 0.6) is 0 Å². The summed E-state index contributed by atoms with van der Waals surface area (Å²) in [5.41, 5.74) is 0.846. The zero-order chi connectivity index (χ0) is 12.3. The molecular formula is C11H17NO2S2. The summed E-state index contributed by atoms with van der Waals surface area (Å²) < 4.78 is 26.3. The van der Waals surface area contributed by atoms with Gasteiger partial charge in [-0.15, -0.1) is 11.3 Å². The zero-order valence-corrected chi connectivity index (χ0v) is 11.5. The highest BCUT2D eigenvalue weighted by Crippen LogP contribution is 2.24. The summed E-state index contributed by atoms with van der Waals surface area (Å²) in [4.78, 5) is 1.00. The van der Waals surface area contributed by atoms with Gasteiger partial charge in [0.2, 0.25) is 0 Å². The van der Waals surface area contributed by atoms with Crippen LogP contribution < -0.4 is 0 Å². The van der Waals surface area contributed by atoms with Gasteiger partial charge in [0.05, 0.1) is 0 Å². The maximum Gasteiger partial charge on any atom is 0.252 e. The standard InChI is InChI=1S/C11H17NO2S2/c1-5-12(8-9(2)3)16(13,14)11-7-6-10(4)15-11/h6-7H,2,5,8H2,1,3-4H3. The number of aryl methyl sites for hydroxylation is 1. The maximum atomic E-state index is 12.2. The fourth-order valence-electron chi connectivity index (χ4n) is 1.35. The largest absolute Gasteiger partial charge is 0.252 e. The number of thiophene rings is 1. The van der Waals surface area contributed by atoms with Crippen molar-refractivity contribution in [3.8, 4) is 0 Å². The molecule has 0 N–H and O–H groups in total. The number of hydrogen-bond donors (Lipinski definition) is 0. The Balaban J connectivity index is 3.04. The van der Waals surface area contributed by atoms with Gasteiger partial charge >= 0.3 is 0 Å². The fraction of sp³-hybridized carbons (Fsp3) is 0.455. The van der Waals surface area contributed by atoms with Crippen LogP contribution in [0.15, 0.2) is 28.5 Å². The van der Waals surface area contributed by atoms with Crippen LogP contribution in [0.25, 0.3) is 0 Å². The van der Waals surface area contributed by atoms with E-state index < -0.39 is 10.0 Å². The van der Waals surface area contributed by atoms with E-state index in [2.05, 4.69) is 6.58 Å². The third-order valence-electron chi connectivity index (χ3n) is 2.11. The highest BCUT2D eigenvalue weighted by molar-refractivity contribution is 7.91. The van der Waals surface area contributed by atoms with E-state index in [0.29, 0.717) is 17.3 Å². The Morgan fingerprint density at radius 1 is 1.50 bits per heavy atom. The zero-order valence-electron chi connectivity index (χ0n) is 9.86. The molecule has 0 bridgehead atoms. The molecule has 5 heteroatoms. The third-order valence-corrected chi connectivity index (χ3v) is 5.50. The van der Waals surface area contributed by atoms with Crippen molar-refractivity contribution in [2.75, 3.05) is 13.1 Å². The van der Waals surface area contributed by atoms with Gasteiger partial charge in [-0.1, -0.05) is 19.1 Å². The quantitative estimate of drug-likeness (QED) is 0.762. The normalized spacial score (nSPS) is 12.0. The molecule has 0 spiro atoms. The molecule has 0 atom stereocenters. The summed E-state index contributed by atoms with van der Waals surface area (Å²) in [6.45, 7) is 10.2. The van der Waals surface area contributed by atoms with Crippen LogP contribution in [-0.2, 0) is 10.0 Å². The molecule has 0 unspecified atom stereocenters. The van der Waals surface area contributed by atoms with Gasteiger partial charge in [0.1, 0.15) is 4.21 Å². The van der Waals surface area contributed by atoms with Gasteiger partial charge in [-0.3, -0.25) is 0 Å². The van der Waals surface area contributed by atoms with Gasteiger partial charge in [0.25, 0.3) is 10.0 Å². The summed E-state index contributed by atoms with van der Waals surface area (Å²) >= 11 is 1.31. The molecule has 0 aliphatic carbocycles. The molecule has 1 aromatic heterocycles. The molecule has 0 radical (unpaired) electrons. The Labute approximate surface area is 101 Å². The summed E-state index contributed by atoms with van der Waals surface area (Å²) in [6.07, 6.45) is 0. The van der Waals surface area contributed by atoms with Gasteiger partial charge < -0.3 is 0 Å². The molecule has 3 nitrogen and oxygen atoms in total. The van der Waals surface area contributed by atoms with Gasteiger partial charge in [-0.25, -0.2) is 8.42 Å². The van der Waals surface area contributed by atoms with Crippen molar-refractivity contribution in [2.45, 2.75) is 25.0 Å². The molecule has 0 aromatic carbocycles. The Bertz CT molecular complexity index is 474. The Morgan fingerprint density at radius 3 is 2.50 bits per heavy atom. The summed E-state index contributed by atoms with van der Waals surface area (Å²) in [6, 6.07) is 3.49. The third kappa shape index (κ3) is 2.93. The van der Waals surface area contributed by atoms with Crippen molar-refractivity contribution in [1.29, 1.82) is 0 Å². The van der Waals surface area contributed by atoms with E-state index in [1.165, 1.54) is 15.6 Å². The van der Waals surface area contributed by atoms with Crippen LogP contribution in [0.1, 0.15) is 18.7 Å². The summed E-state index contributed by atoms with van der Waals surface area (Å²) in [5, 5.41) is 0. The minimum Gasteiger partial charge on any atom is -0.206 e. The predicted octanol–water partition coefficient (Wildman–Crippen LogP) is 2.64. The van der Waals surface area contributed by atoms with E-state index in [9.17, 15) is 8.42 Å². The smallest absolute Gasteiger partial charge is 0.206 e. The van der Waals surface area contributed by atoms with Gasteiger partial charge in [-0.2, -0.15) is 4.31 Å². The Morgan fingerprint density at radius 2 is 2.12 bits per heavy atom. The van der Waals surface area contributed by atoms with Crippen LogP contribution in [0, 0.1) is 6.92 Å². The second kappa shape index (κ2) is 5.12. The minimum absolute atomic E-state index is 0.385. The van der Waals surface area contributed by atoms with E-state index in [1.807, 2.05) is 26.8 Å². The van der Waals surface area contributed by atoms with Crippen molar-refractivity contribution in [1.82, 2.24) is 4.31 Å². The molecule has 16 heavy (non-hydrogen) atoms. The molecule has 0 aliphatic heterocycles. The van der Waals surface area contributed by atoms with Crippen LogP contribution >= 0.6 is 11.3 Å². The average molecular weight is 259 g/mol. The molecule has 90 valence electrons. The maximum absolute atomic E-state index is 12.2. The van der Waals surface area contributed by atoms with Crippen molar-refractivity contribution in [3.63, 3.8) is 0 Å². The number of hydrogen-bond acceptors (Lipinski definition) is 3. The average Bonchev–Trinajstić information content (AvgIpc) is 2.61. The lowest BCUT2D eigenvalue weighted by molar-refractivity contribution is 0.454. The van der Waals surface area contributed by atoms with Crippen LogP contribution in [-0.4, -0.2) is 25.8 Å². The van der Waals surface area contributed by atoms with E-state index in [-0.39, 0.29) is 0 Å². The van der Waals surface area contributed by atoms with E-state index in [4.69, 9.17) is 0 Å². The summed E-state index contributed by atoms with van der Waals surface area (Å²) in [7, 11) is -3.33. The van der Waals surface area contributed by atoms with Crippen molar-refractivity contribution in [3.05, 3.63) is 29.2 Å². The Hall–Kier alpha value is -0.650. The topological polar surface area (TPSA) is 37.4 Å². The van der Waals surface area contributed by atoms with Gasteiger partial charge in [-0.05, 0) is 26.0 Å². The highest BCUT2D eigenvalue weighted by Gasteiger charge is 2.24. The molecule has 1 rings (SSSR count). The molecule has 0 aliphatic rings. The first kappa shape index (κ1) is 13.4. The minimum atomic E-state index is -3.33. The first-order valence-corrected chi connectivity index (χ1v) is 7.34. The fourth-order valence-corrected chi connectivity index (χ4v) is 4.29. The van der Waals surface area contributed by atoms with Crippen molar-refractivity contribution in [2.24, 2.45) is 0 Å². The molecule has 0 amide bonds. The number of rotatable bonds is 5. The molecule has 0 saturated heterocycles. The van der Waals surface area contributed by atoms with E-state index in [0.717, 1.165) is 10.5 Å². The molecule has 1 heterocycles. The van der Waals surface area contributed by atoms with Crippen molar-refractivity contribution >= 4 is 21.4 Å². The lowest BCUT2D eigenvalue weighted by Gasteiger charge is -2.19. The highest BCUT2D eigenvalue weighted by atomic mass is 32.2. The molecule has 0 saturated carbocycles. The monoisotopic (exact) mass is 259 g/mol. The van der Waals surface area contributed by atoms with Crippen LogP contribution in [0.3, 0.4) is 0 Å². The van der Waals surface area contributed by atoms with E-state index >= 15 is 0 Å². The van der Waals surface area contributed by atoms with E-state index in [1.54, 1.807) is 6.07 Å². The predicted molar refractivity (Wildman–Crippen MR) is 68.3 cm³/mol. The number of nitrogens with zero attached hydrogens (tertiary/aromatic N) is 1. The van der Waals surface area contributed by atoms with Gasteiger partial charge in [0, 0.05) is 18.0 Å². The number of likely N-dealkylation sites (N-methyl/N-ethyl adjacent to an activating group) is 1. The van der Waals surface area contributed by atoms with Gasteiger partial charge in [0.15, 0.2) is 0 Å². The van der Waals surface area contributed by atoms with Crippen molar-refractivity contribution < 1.29 is 8.42 Å².